The minimum Gasteiger partial charge on any atom is -0.444 e. The lowest BCUT2D eigenvalue weighted by molar-refractivity contribution is 0.0519. The fourth-order valence-electron chi connectivity index (χ4n) is 1.50. The minimum absolute atomic E-state index is 0.107. The number of hydrogen-bond donors (Lipinski definition) is 1. The Morgan fingerprint density at radius 1 is 1.29 bits per heavy atom. The average molecular weight is 310 g/mol. The van der Waals surface area contributed by atoms with Gasteiger partial charge in [-0.05, 0) is 45.0 Å². The van der Waals surface area contributed by atoms with Gasteiger partial charge in [0.2, 0.25) is 11.8 Å². The Morgan fingerprint density at radius 3 is 2.57 bits per heavy atom. The lowest BCUT2D eigenvalue weighted by Crippen LogP contribution is -2.32. The third-order valence-electron chi connectivity index (χ3n) is 2.34. The Morgan fingerprint density at radius 2 is 1.95 bits per heavy atom. The molecule has 0 atom stereocenters. The molecule has 0 unspecified atom stereocenters. The molecule has 1 aromatic heterocycles. The molecule has 1 heterocycles. The van der Waals surface area contributed by atoms with Crippen LogP contribution < -0.4 is 5.32 Å². The van der Waals surface area contributed by atoms with Gasteiger partial charge in [-0.25, -0.2) is 4.79 Å². The van der Waals surface area contributed by atoms with E-state index in [1.807, 2.05) is 0 Å². The molecular weight excluding hydrogens is 294 g/mol. The second kappa shape index (κ2) is 6.13. The van der Waals surface area contributed by atoms with Crippen LogP contribution in [0, 0.1) is 0 Å². The van der Waals surface area contributed by atoms with Crippen molar-refractivity contribution in [1.29, 1.82) is 0 Å². The molecular formula is C14H16ClN3O3. The summed E-state index contributed by atoms with van der Waals surface area (Å²) in [4.78, 5) is 11.5. The number of ether oxygens (including phenoxy) is 1. The van der Waals surface area contributed by atoms with Crippen molar-refractivity contribution in [3.05, 3.63) is 35.2 Å². The van der Waals surface area contributed by atoms with Gasteiger partial charge in [0.25, 0.3) is 0 Å². The van der Waals surface area contributed by atoms with E-state index in [0.717, 1.165) is 5.56 Å². The molecule has 0 aliphatic heterocycles. The molecule has 0 aliphatic rings. The van der Waals surface area contributed by atoms with Gasteiger partial charge >= 0.3 is 6.09 Å². The highest BCUT2D eigenvalue weighted by Crippen LogP contribution is 2.20. The second-order valence-corrected chi connectivity index (χ2v) is 5.80. The molecule has 0 bridgehead atoms. The van der Waals surface area contributed by atoms with Crippen LogP contribution in [0.4, 0.5) is 4.79 Å². The molecule has 0 fully saturated rings. The summed E-state index contributed by atoms with van der Waals surface area (Å²) < 4.78 is 10.6. The number of aromatic nitrogens is 2. The predicted molar refractivity (Wildman–Crippen MR) is 77.8 cm³/mol. The topological polar surface area (TPSA) is 77.2 Å². The SMILES string of the molecule is CC(C)(C)OC(=O)NCc1nnc(-c2ccc(Cl)cc2)o1. The van der Waals surface area contributed by atoms with Crippen molar-refractivity contribution in [2.45, 2.75) is 32.9 Å². The monoisotopic (exact) mass is 309 g/mol. The van der Waals surface area contributed by atoms with Crippen LogP contribution in [0.2, 0.25) is 5.02 Å². The normalized spacial score (nSPS) is 11.2. The van der Waals surface area contributed by atoms with E-state index in [2.05, 4.69) is 15.5 Å². The van der Waals surface area contributed by atoms with E-state index in [1.165, 1.54) is 0 Å². The van der Waals surface area contributed by atoms with Gasteiger partial charge in [-0.15, -0.1) is 10.2 Å². The Kier molecular flexibility index (Phi) is 4.47. The fourth-order valence-corrected chi connectivity index (χ4v) is 1.62. The number of halogens is 1. The van der Waals surface area contributed by atoms with Crippen molar-refractivity contribution < 1.29 is 13.9 Å². The van der Waals surface area contributed by atoms with Crippen LogP contribution >= 0.6 is 11.6 Å². The Bertz CT molecular complexity index is 617. The van der Waals surface area contributed by atoms with E-state index in [-0.39, 0.29) is 6.54 Å². The smallest absolute Gasteiger partial charge is 0.408 e. The van der Waals surface area contributed by atoms with E-state index in [1.54, 1.807) is 45.0 Å². The second-order valence-electron chi connectivity index (χ2n) is 5.36. The summed E-state index contributed by atoms with van der Waals surface area (Å²) in [7, 11) is 0. The number of nitrogens with one attached hydrogen (secondary N) is 1. The van der Waals surface area contributed by atoms with Gasteiger partial charge in [0, 0.05) is 10.6 Å². The van der Waals surface area contributed by atoms with E-state index < -0.39 is 11.7 Å². The molecule has 112 valence electrons. The third-order valence-corrected chi connectivity index (χ3v) is 2.59. The summed E-state index contributed by atoms with van der Waals surface area (Å²) >= 11 is 5.81. The first kappa shape index (κ1) is 15.3. The number of nitrogens with zero attached hydrogens (tertiary/aromatic N) is 2. The number of alkyl carbamates (subject to hydrolysis) is 1. The molecule has 2 aromatic rings. The number of carbonyl (C=O) groups excluding carboxylic acids is 1. The van der Waals surface area contributed by atoms with Crippen molar-refractivity contribution in [2.24, 2.45) is 0 Å². The maximum atomic E-state index is 11.5. The van der Waals surface area contributed by atoms with Gasteiger partial charge in [-0.3, -0.25) is 0 Å². The van der Waals surface area contributed by atoms with Crippen molar-refractivity contribution in [3.63, 3.8) is 0 Å². The first-order valence-corrected chi connectivity index (χ1v) is 6.76. The molecule has 1 N–H and O–H groups in total. The zero-order chi connectivity index (χ0) is 15.5. The van der Waals surface area contributed by atoms with Gasteiger partial charge in [0.15, 0.2) is 0 Å². The Hall–Kier alpha value is -2.08. The van der Waals surface area contributed by atoms with Gasteiger partial charge < -0.3 is 14.5 Å². The molecule has 0 aliphatic carbocycles. The van der Waals surface area contributed by atoms with Crippen LogP contribution in [-0.2, 0) is 11.3 Å². The predicted octanol–water partition coefficient (Wildman–Crippen LogP) is 3.41. The summed E-state index contributed by atoms with van der Waals surface area (Å²) in [6, 6.07) is 7.03. The van der Waals surface area contributed by atoms with E-state index in [0.29, 0.717) is 16.8 Å². The van der Waals surface area contributed by atoms with Gasteiger partial charge in [0.1, 0.15) is 5.60 Å². The summed E-state index contributed by atoms with van der Waals surface area (Å²) in [6.45, 7) is 5.48. The van der Waals surface area contributed by atoms with Crippen LogP contribution in [0.25, 0.3) is 11.5 Å². The van der Waals surface area contributed by atoms with E-state index >= 15 is 0 Å². The number of amides is 1. The first-order chi connectivity index (χ1) is 9.83. The third kappa shape index (κ3) is 4.75. The lowest BCUT2D eigenvalue weighted by atomic mass is 10.2. The van der Waals surface area contributed by atoms with Crippen LogP contribution in [0.1, 0.15) is 26.7 Å². The highest BCUT2D eigenvalue weighted by Gasteiger charge is 2.16. The quantitative estimate of drug-likeness (QED) is 0.940. The largest absolute Gasteiger partial charge is 0.444 e. The van der Waals surface area contributed by atoms with Crippen molar-refractivity contribution in [1.82, 2.24) is 15.5 Å². The van der Waals surface area contributed by atoms with Crippen molar-refractivity contribution in [3.8, 4) is 11.5 Å². The van der Waals surface area contributed by atoms with E-state index in [4.69, 9.17) is 20.8 Å². The summed E-state index contributed by atoms with van der Waals surface area (Å²) in [6.07, 6.45) is -0.534. The fraction of sp³-hybridized carbons (Fsp3) is 0.357. The maximum Gasteiger partial charge on any atom is 0.408 e. The van der Waals surface area contributed by atoms with Crippen LogP contribution in [-0.4, -0.2) is 21.9 Å². The van der Waals surface area contributed by atoms with Crippen molar-refractivity contribution >= 4 is 17.7 Å². The molecule has 1 aromatic carbocycles. The maximum absolute atomic E-state index is 11.5. The molecule has 6 nitrogen and oxygen atoms in total. The molecule has 7 heteroatoms. The molecule has 0 radical (unpaired) electrons. The highest BCUT2D eigenvalue weighted by molar-refractivity contribution is 6.30. The summed E-state index contributed by atoms with van der Waals surface area (Å²) in [5, 5.41) is 11.0. The van der Waals surface area contributed by atoms with Gasteiger partial charge in [-0.1, -0.05) is 11.6 Å². The zero-order valence-corrected chi connectivity index (χ0v) is 12.8. The molecule has 0 spiro atoms. The minimum atomic E-state index is -0.548. The number of hydrogen-bond acceptors (Lipinski definition) is 5. The Labute approximate surface area is 127 Å². The number of carbonyl (C=O) groups is 1. The van der Waals surface area contributed by atoms with Crippen LogP contribution in [0.15, 0.2) is 28.7 Å². The van der Waals surface area contributed by atoms with Crippen molar-refractivity contribution in [2.75, 3.05) is 0 Å². The molecule has 2 rings (SSSR count). The Balaban J connectivity index is 1.94. The summed E-state index contributed by atoms with van der Waals surface area (Å²) in [5.74, 6) is 0.665. The highest BCUT2D eigenvalue weighted by atomic mass is 35.5. The molecule has 21 heavy (non-hydrogen) atoms. The lowest BCUT2D eigenvalue weighted by Gasteiger charge is -2.19. The standard InChI is InChI=1S/C14H16ClN3O3/c1-14(2,3)21-13(19)16-8-11-17-18-12(20-11)9-4-6-10(15)7-5-9/h4-7H,8H2,1-3H3,(H,16,19). The van der Waals surface area contributed by atoms with Crippen LogP contribution in [0.3, 0.4) is 0 Å². The summed E-state index contributed by atoms with van der Waals surface area (Å²) in [5.41, 5.74) is 0.211. The van der Waals surface area contributed by atoms with E-state index in [9.17, 15) is 4.79 Å². The van der Waals surface area contributed by atoms with Gasteiger partial charge in [-0.2, -0.15) is 0 Å². The first-order valence-electron chi connectivity index (χ1n) is 6.39. The molecule has 1 amide bonds. The number of rotatable bonds is 3. The average Bonchev–Trinajstić information content (AvgIpc) is 2.84. The van der Waals surface area contributed by atoms with Gasteiger partial charge in [0.05, 0.1) is 6.54 Å². The molecule has 0 saturated heterocycles. The molecule has 0 saturated carbocycles. The zero-order valence-electron chi connectivity index (χ0n) is 12.0. The van der Waals surface area contributed by atoms with Crippen LogP contribution in [0.5, 0.6) is 0 Å². The number of benzene rings is 1.